The molecule has 1 saturated heterocycles. The average Bonchev–Trinajstić information content (AvgIpc) is 2.78. The molecule has 6 nitrogen and oxygen atoms in total. The van der Waals surface area contributed by atoms with Gasteiger partial charge < -0.3 is 20.4 Å². The van der Waals surface area contributed by atoms with E-state index < -0.39 is 30.0 Å². The first-order valence-electron chi connectivity index (χ1n) is 5.92. The molecule has 0 aromatic heterocycles. The van der Waals surface area contributed by atoms with Gasteiger partial charge in [0, 0.05) is 18.7 Å². The molecule has 0 saturated carbocycles. The molecule has 9 heteroatoms. The molecule has 0 bridgehead atoms. The van der Waals surface area contributed by atoms with E-state index >= 15 is 0 Å². The number of β-amino-alcohol motifs (C(OH)–C–C–N with tert-alkyl or cyclic N) is 1. The van der Waals surface area contributed by atoms with E-state index in [0.29, 0.717) is 0 Å². The molecular weight excluding hydrogens is 326 g/mol. The molecule has 3 N–H and O–H groups in total. The number of hydrogen-bond acceptors (Lipinski definition) is 3. The number of carboxylic acid groups (broad SMARTS) is 1. The molecule has 0 radical (unpaired) electrons. The molecular formula is C12H11Cl2FN2O4. The summed E-state index contributed by atoms with van der Waals surface area (Å²) in [6.45, 7) is -0.106. The number of carbonyl (C=O) groups is 2. The number of aliphatic hydroxyl groups is 1. The number of urea groups is 1. The second-order valence-electron chi connectivity index (χ2n) is 4.58. The molecule has 1 unspecified atom stereocenters. The molecule has 2 rings (SSSR count). The van der Waals surface area contributed by atoms with Gasteiger partial charge in [0.25, 0.3) is 0 Å². The molecule has 2 amide bonds. The predicted octanol–water partition coefficient (Wildman–Crippen LogP) is 2.18. The molecule has 1 aliphatic rings. The second kappa shape index (κ2) is 6.05. The number of hydrogen-bond donors (Lipinski definition) is 3. The van der Waals surface area contributed by atoms with Gasteiger partial charge in [-0.25, -0.2) is 14.0 Å². The van der Waals surface area contributed by atoms with Crippen molar-refractivity contribution in [3.05, 3.63) is 28.0 Å². The van der Waals surface area contributed by atoms with Crippen molar-refractivity contribution in [1.29, 1.82) is 0 Å². The lowest BCUT2D eigenvalue weighted by atomic mass is 10.2. The summed E-state index contributed by atoms with van der Waals surface area (Å²) in [5, 5.41) is 20.3. The Hall–Kier alpha value is -1.57. The molecule has 2 atom stereocenters. The minimum absolute atomic E-state index is 0.0479. The molecule has 1 aliphatic heterocycles. The zero-order valence-electron chi connectivity index (χ0n) is 10.5. The summed E-state index contributed by atoms with van der Waals surface area (Å²) in [5.41, 5.74) is 0.127. The van der Waals surface area contributed by atoms with Crippen LogP contribution >= 0.6 is 23.2 Å². The molecule has 21 heavy (non-hydrogen) atoms. The van der Waals surface area contributed by atoms with Gasteiger partial charge in [0.2, 0.25) is 0 Å². The number of carboxylic acids is 1. The van der Waals surface area contributed by atoms with Crippen molar-refractivity contribution in [3.8, 4) is 0 Å². The lowest BCUT2D eigenvalue weighted by Crippen LogP contribution is -2.43. The van der Waals surface area contributed by atoms with Crippen LogP contribution in [0.2, 0.25) is 10.0 Å². The van der Waals surface area contributed by atoms with E-state index in [-0.39, 0.29) is 28.7 Å². The number of halogens is 3. The standard InChI is InChI=1S/C12H11Cl2FN2O4/c13-7-1-5(2-8(14)10(7)15)16-12(21)17-4-6(18)3-9(17)11(19)20/h1-2,6,9,18H,3-4H2,(H,16,21)(H,19,20)/t6?,9-/m0/s1. The highest BCUT2D eigenvalue weighted by Gasteiger charge is 2.39. The molecule has 0 spiro atoms. The highest BCUT2D eigenvalue weighted by molar-refractivity contribution is 6.35. The van der Waals surface area contributed by atoms with Crippen LogP contribution in [0, 0.1) is 5.82 Å². The number of likely N-dealkylation sites (tertiary alicyclic amines) is 1. The Labute approximate surface area is 129 Å². The highest BCUT2D eigenvalue weighted by atomic mass is 35.5. The monoisotopic (exact) mass is 336 g/mol. The van der Waals surface area contributed by atoms with E-state index in [1.165, 1.54) is 0 Å². The Morgan fingerprint density at radius 3 is 2.43 bits per heavy atom. The summed E-state index contributed by atoms with van der Waals surface area (Å²) in [6, 6.07) is 0.454. The first kappa shape index (κ1) is 15.8. The van der Waals surface area contributed by atoms with Crippen molar-refractivity contribution in [3.63, 3.8) is 0 Å². The van der Waals surface area contributed by atoms with Gasteiger partial charge in [0.15, 0.2) is 5.82 Å². The Kier molecular flexibility index (Phi) is 4.55. The van der Waals surface area contributed by atoms with E-state index in [0.717, 1.165) is 17.0 Å². The first-order chi connectivity index (χ1) is 9.79. The third kappa shape index (κ3) is 3.37. The summed E-state index contributed by atoms with van der Waals surface area (Å²) in [6.07, 6.45) is -0.953. The number of nitrogens with one attached hydrogen (secondary N) is 1. The number of aliphatic hydroxyl groups excluding tert-OH is 1. The van der Waals surface area contributed by atoms with Gasteiger partial charge in [0.1, 0.15) is 6.04 Å². The fourth-order valence-corrected chi connectivity index (χ4v) is 2.58. The summed E-state index contributed by atoms with van der Waals surface area (Å²) in [7, 11) is 0. The minimum atomic E-state index is -1.21. The summed E-state index contributed by atoms with van der Waals surface area (Å²) < 4.78 is 13.3. The highest BCUT2D eigenvalue weighted by Crippen LogP contribution is 2.28. The number of rotatable bonds is 2. The van der Waals surface area contributed by atoms with E-state index in [1.54, 1.807) is 0 Å². The number of nitrogens with zero attached hydrogens (tertiary/aromatic N) is 1. The van der Waals surface area contributed by atoms with Crippen LogP contribution in [0.1, 0.15) is 6.42 Å². The van der Waals surface area contributed by atoms with Crippen molar-refractivity contribution in [1.82, 2.24) is 4.90 Å². The Balaban J connectivity index is 2.16. The van der Waals surface area contributed by atoms with Crippen molar-refractivity contribution in [2.24, 2.45) is 0 Å². The molecule has 1 fully saturated rings. The largest absolute Gasteiger partial charge is 0.480 e. The molecule has 1 aromatic carbocycles. The van der Waals surface area contributed by atoms with Crippen LogP contribution in [0.4, 0.5) is 14.9 Å². The topological polar surface area (TPSA) is 89.9 Å². The number of aliphatic carboxylic acids is 1. The Morgan fingerprint density at radius 2 is 1.90 bits per heavy atom. The fourth-order valence-electron chi connectivity index (χ4n) is 2.10. The van der Waals surface area contributed by atoms with Gasteiger partial charge in [0.05, 0.1) is 16.1 Å². The van der Waals surface area contributed by atoms with Gasteiger partial charge in [-0.05, 0) is 12.1 Å². The van der Waals surface area contributed by atoms with Crippen molar-refractivity contribution in [2.75, 3.05) is 11.9 Å². The number of amides is 2. The quantitative estimate of drug-likeness (QED) is 0.722. The first-order valence-corrected chi connectivity index (χ1v) is 6.68. The lowest BCUT2D eigenvalue weighted by Gasteiger charge is -2.21. The lowest BCUT2D eigenvalue weighted by molar-refractivity contribution is -0.141. The van der Waals surface area contributed by atoms with Crippen molar-refractivity contribution in [2.45, 2.75) is 18.6 Å². The van der Waals surface area contributed by atoms with E-state index in [4.69, 9.17) is 28.3 Å². The third-order valence-electron chi connectivity index (χ3n) is 3.06. The van der Waals surface area contributed by atoms with Crippen molar-refractivity contribution < 1.29 is 24.2 Å². The minimum Gasteiger partial charge on any atom is -0.480 e. The SMILES string of the molecule is O=C(O)[C@@H]1CC(O)CN1C(=O)Nc1cc(Cl)c(F)c(Cl)c1. The van der Waals surface area contributed by atoms with Gasteiger partial charge >= 0.3 is 12.0 Å². The Bertz CT molecular complexity index is 576. The average molecular weight is 337 g/mol. The van der Waals surface area contributed by atoms with Gasteiger partial charge in [-0.2, -0.15) is 0 Å². The molecule has 1 aromatic rings. The van der Waals surface area contributed by atoms with Crippen LogP contribution in [-0.2, 0) is 4.79 Å². The van der Waals surface area contributed by atoms with Gasteiger partial charge in [-0.15, -0.1) is 0 Å². The van der Waals surface area contributed by atoms with Crippen LogP contribution in [0.5, 0.6) is 0 Å². The smallest absolute Gasteiger partial charge is 0.326 e. The summed E-state index contributed by atoms with van der Waals surface area (Å²) >= 11 is 11.2. The third-order valence-corrected chi connectivity index (χ3v) is 3.61. The number of carbonyl (C=O) groups excluding carboxylic acids is 1. The maximum absolute atomic E-state index is 13.3. The molecule has 1 heterocycles. The maximum Gasteiger partial charge on any atom is 0.326 e. The van der Waals surface area contributed by atoms with Crippen LogP contribution in [-0.4, -0.2) is 45.8 Å². The number of benzene rings is 1. The van der Waals surface area contributed by atoms with Crippen LogP contribution in [0.3, 0.4) is 0 Å². The maximum atomic E-state index is 13.3. The van der Waals surface area contributed by atoms with Crippen molar-refractivity contribution >= 4 is 40.9 Å². The van der Waals surface area contributed by atoms with E-state index in [2.05, 4.69) is 5.32 Å². The zero-order chi connectivity index (χ0) is 15.7. The Morgan fingerprint density at radius 1 is 1.33 bits per heavy atom. The van der Waals surface area contributed by atoms with E-state index in [9.17, 15) is 19.1 Å². The van der Waals surface area contributed by atoms with Crippen LogP contribution < -0.4 is 5.32 Å². The number of anilines is 1. The van der Waals surface area contributed by atoms with Crippen LogP contribution in [0.15, 0.2) is 12.1 Å². The van der Waals surface area contributed by atoms with Gasteiger partial charge in [-0.3, -0.25) is 0 Å². The predicted molar refractivity (Wildman–Crippen MR) is 74.2 cm³/mol. The summed E-state index contributed by atoms with van der Waals surface area (Å²) in [5.74, 6) is -2.02. The van der Waals surface area contributed by atoms with Gasteiger partial charge in [-0.1, -0.05) is 23.2 Å². The summed E-state index contributed by atoms with van der Waals surface area (Å²) in [4.78, 5) is 24.1. The molecule has 0 aliphatic carbocycles. The zero-order valence-corrected chi connectivity index (χ0v) is 12.0. The fraction of sp³-hybridized carbons (Fsp3) is 0.333. The van der Waals surface area contributed by atoms with Crippen LogP contribution in [0.25, 0.3) is 0 Å². The normalized spacial score (nSPS) is 21.4. The second-order valence-corrected chi connectivity index (χ2v) is 5.39. The van der Waals surface area contributed by atoms with E-state index in [1.807, 2.05) is 0 Å². The molecule has 114 valence electrons.